The number of rotatable bonds is 5. The summed E-state index contributed by atoms with van der Waals surface area (Å²) >= 11 is 0. The zero-order valence-corrected chi connectivity index (χ0v) is 22.7. The van der Waals surface area contributed by atoms with E-state index in [9.17, 15) is 0 Å². The van der Waals surface area contributed by atoms with E-state index in [0.717, 1.165) is 0 Å². The smallest absolute Gasteiger partial charge is 0.0623 e. The van der Waals surface area contributed by atoms with Crippen LogP contribution in [0.2, 0.25) is 0 Å². The summed E-state index contributed by atoms with van der Waals surface area (Å²) < 4.78 is 0. The monoisotopic (exact) mass is 512 g/mol. The van der Waals surface area contributed by atoms with Gasteiger partial charge in [-0.2, -0.15) is 0 Å². The van der Waals surface area contributed by atoms with Crippen LogP contribution in [0, 0.1) is 0 Å². The van der Waals surface area contributed by atoms with Crippen LogP contribution in [0.25, 0.3) is 32.7 Å². The fourth-order valence-corrected chi connectivity index (χ4v) is 11.3. The van der Waals surface area contributed by atoms with E-state index in [-0.39, 0.29) is 0 Å². The highest BCUT2D eigenvalue weighted by Gasteiger charge is 2.43. The average Bonchev–Trinajstić information content (AvgIpc) is 3.03. The number of hydrogen-bond acceptors (Lipinski definition) is 0. The first kappa shape index (κ1) is 23.4. The van der Waals surface area contributed by atoms with Gasteiger partial charge in [-0.1, -0.05) is 170 Å². The molecule has 7 aromatic carbocycles. The first-order valence-corrected chi connectivity index (χ1v) is 15.5. The highest BCUT2D eigenvalue weighted by molar-refractivity contribution is 7.20. The Hall–Kier alpha value is -4.72. The van der Waals surface area contributed by atoms with Gasteiger partial charge in [0.1, 0.15) is 0 Å². The van der Waals surface area contributed by atoms with Gasteiger partial charge in [-0.15, -0.1) is 0 Å². The maximum absolute atomic E-state index is 2.73. The third-order valence-corrected chi connectivity index (χ3v) is 12.8. The molecule has 0 radical (unpaired) electrons. The maximum atomic E-state index is 2.43. The van der Waals surface area contributed by atoms with E-state index in [1.807, 2.05) is 0 Å². The van der Waals surface area contributed by atoms with Crippen molar-refractivity contribution >= 4 is 50.4 Å². The first-order chi connectivity index (χ1) is 19.4. The van der Waals surface area contributed by atoms with Gasteiger partial charge in [0.25, 0.3) is 0 Å². The molecule has 0 saturated carbocycles. The third-order valence-electron chi connectivity index (χ3n) is 8.01. The molecular weight excluding hydrogens is 485 g/mol. The molecule has 39 heavy (non-hydrogen) atoms. The van der Waals surface area contributed by atoms with Gasteiger partial charge in [0.2, 0.25) is 0 Å². The Labute approximate surface area is 230 Å². The molecule has 0 aromatic heterocycles. The van der Waals surface area contributed by atoms with Crippen molar-refractivity contribution in [3.63, 3.8) is 0 Å². The van der Waals surface area contributed by atoms with Crippen molar-refractivity contribution in [1.29, 1.82) is 0 Å². The molecule has 0 nitrogen and oxygen atoms in total. The van der Waals surface area contributed by atoms with Crippen molar-refractivity contribution < 1.29 is 0 Å². The summed E-state index contributed by atoms with van der Waals surface area (Å²) in [5, 5.41) is 10.7. The van der Waals surface area contributed by atoms with Crippen LogP contribution in [0.1, 0.15) is 0 Å². The summed E-state index contributed by atoms with van der Waals surface area (Å²) in [6, 6.07) is 62.8. The van der Waals surface area contributed by atoms with E-state index < -0.39 is 8.07 Å². The molecule has 0 amide bonds. The lowest BCUT2D eigenvalue weighted by molar-refractivity contribution is 1.66. The van der Waals surface area contributed by atoms with E-state index in [0.29, 0.717) is 0 Å². The predicted molar refractivity (Wildman–Crippen MR) is 171 cm³/mol. The second-order valence-electron chi connectivity index (χ2n) is 10.1. The Kier molecular flexibility index (Phi) is 5.92. The molecule has 0 heterocycles. The van der Waals surface area contributed by atoms with Crippen molar-refractivity contribution in [2.45, 2.75) is 0 Å². The Morgan fingerprint density at radius 2 is 0.744 bits per heavy atom. The topological polar surface area (TPSA) is 0 Å². The molecule has 0 saturated heterocycles. The van der Waals surface area contributed by atoms with Gasteiger partial charge in [0.15, 0.2) is 8.07 Å². The summed E-state index contributed by atoms with van der Waals surface area (Å²) in [6.45, 7) is 0. The molecule has 7 aromatic rings. The molecule has 184 valence electrons. The average molecular weight is 513 g/mol. The molecule has 0 N–H and O–H groups in total. The standard InChI is InChI=1S/C38H28Si/c1-4-18-31(19-5-1)39(32-20-6-2-7-21-32,33-22-8-3-9-23-33)37-28-27-30-16-11-13-25-35(30)38(37)36-26-14-17-29-15-10-12-24-34(29)36/h1-28H. The van der Waals surface area contributed by atoms with Crippen molar-refractivity contribution in [2.75, 3.05) is 0 Å². The van der Waals surface area contributed by atoms with E-state index in [1.165, 1.54) is 53.4 Å². The molecule has 7 rings (SSSR count). The van der Waals surface area contributed by atoms with Crippen LogP contribution in [0.15, 0.2) is 170 Å². The van der Waals surface area contributed by atoms with Gasteiger partial charge in [0, 0.05) is 0 Å². The second-order valence-corrected chi connectivity index (χ2v) is 13.9. The van der Waals surface area contributed by atoms with E-state index in [2.05, 4.69) is 170 Å². The zero-order valence-electron chi connectivity index (χ0n) is 21.7. The number of hydrogen-bond donors (Lipinski definition) is 0. The van der Waals surface area contributed by atoms with Gasteiger partial charge in [-0.05, 0) is 53.4 Å². The molecular formula is C38H28Si. The van der Waals surface area contributed by atoms with Crippen LogP contribution in [0.4, 0.5) is 0 Å². The third kappa shape index (κ3) is 3.82. The van der Waals surface area contributed by atoms with E-state index in [1.54, 1.807) is 0 Å². The summed E-state index contributed by atoms with van der Waals surface area (Å²) in [5.41, 5.74) is 2.63. The Balaban J connectivity index is 1.72. The van der Waals surface area contributed by atoms with E-state index in [4.69, 9.17) is 0 Å². The lowest BCUT2D eigenvalue weighted by atomic mass is 9.94. The molecule has 0 aliphatic rings. The van der Waals surface area contributed by atoms with E-state index >= 15 is 0 Å². The first-order valence-electron chi connectivity index (χ1n) is 13.5. The Morgan fingerprint density at radius 1 is 0.308 bits per heavy atom. The molecule has 0 bridgehead atoms. The minimum Gasteiger partial charge on any atom is -0.0623 e. The summed E-state index contributed by atoms with van der Waals surface area (Å²) in [4.78, 5) is 0. The quantitative estimate of drug-likeness (QED) is 0.171. The van der Waals surface area contributed by atoms with Gasteiger partial charge in [0.05, 0.1) is 0 Å². The van der Waals surface area contributed by atoms with Crippen molar-refractivity contribution in [3.05, 3.63) is 170 Å². The van der Waals surface area contributed by atoms with Crippen LogP contribution >= 0.6 is 0 Å². The molecule has 0 fully saturated rings. The lowest BCUT2D eigenvalue weighted by Gasteiger charge is -2.36. The summed E-state index contributed by atoms with van der Waals surface area (Å²) in [5.74, 6) is 0. The maximum Gasteiger partial charge on any atom is 0.180 e. The molecule has 0 spiro atoms. The van der Waals surface area contributed by atoms with Crippen LogP contribution in [-0.4, -0.2) is 8.07 Å². The van der Waals surface area contributed by atoms with Crippen molar-refractivity contribution in [3.8, 4) is 11.1 Å². The largest absolute Gasteiger partial charge is 0.180 e. The van der Waals surface area contributed by atoms with Gasteiger partial charge < -0.3 is 0 Å². The molecule has 0 aliphatic carbocycles. The Morgan fingerprint density at radius 3 is 1.31 bits per heavy atom. The van der Waals surface area contributed by atoms with Crippen LogP contribution in [0.5, 0.6) is 0 Å². The normalized spacial score (nSPS) is 11.6. The SMILES string of the molecule is c1ccc([Si](c2ccccc2)(c2ccccc2)c2ccc3ccccc3c2-c2cccc3ccccc23)cc1. The van der Waals surface area contributed by atoms with Gasteiger partial charge in [-0.3, -0.25) is 0 Å². The molecule has 0 aliphatic heterocycles. The van der Waals surface area contributed by atoms with Crippen LogP contribution in [0.3, 0.4) is 0 Å². The van der Waals surface area contributed by atoms with Gasteiger partial charge >= 0.3 is 0 Å². The lowest BCUT2D eigenvalue weighted by Crippen LogP contribution is -2.75. The molecule has 0 atom stereocenters. The minimum atomic E-state index is -2.73. The highest BCUT2D eigenvalue weighted by Crippen LogP contribution is 2.34. The predicted octanol–water partition coefficient (Wildman–Crippen LogP) is 7.04. The Bertz CT molecular complexity index is 1790. The fraction of sp³-hybridized carbons (Fsp3) is 0. The van der Waals surface area contributed by atoms with Crippen molar-refractivity contribution in [2.24, 2.45) is 0 Å². The molecule has 1 heteroatoms. The minimum absolute atomic E-state index is 1.26. The number of fused-ring (bicyclic) bond motifs is 2. The van der Waals surface area contributed by atoms with Gasteiger partial charge in [-0.25, -0.2) is 0 Å². The highest BCUT2D eigenvalue weighted by atomic mass is 28.3. The number of benzene rings is 7. The molecule has 0 unspecified atom stereocenters. The summed E-state index contributed by atoms with van der Waals surface area (Å²) in [7, 11) is -2.73. The van der Waals surface area contributed by atoms with Crippen molar-refractivity contribution in [1.82, 2.24) is 0 Å². The fourth-order valence-electron chi connectivity index (χ4n) is 6.35. The van der Waals surface area contributed by atoms with Crippen LogP contribution < -0.4 is 20.7 Å². The second kappa shape index (κ2) is 9.87. The zero-order chi connectivity index (χ0) is 26.1. The van der Waals surface area contributed by atoms with Crippen LogP contribution in [-0.2, 0) is 0 Å². The summed E-state index contributed by atoms with van der Waals surface area (Å²) in [6.07, 6.45) is 0.